The second-order valence-corrected chi connectivity index (χ2v) is 3.97. The topological polar surface area (TPSA) is 80.3 Å². The average molecular weight is 244 g/mol. The number of hydrogen-bond donors (Lipinski definition) is 1. The quantitative estimate of drug-likeness (QED) is 0.803. The SMILES string of the molecule is Cc1cc[nH+]c(N)c1.Cc1ccc(C(=O)[O-])cc1. The maximum absolute atomic E-state index is 10.2. The lowest BCUT2D eigenvalue weighted by molar-refractivity contribution is -0.360. The number of pyridine rings is 1. The van der Waals surface area contributed by atoms with E-state index in [0.29, 0.717) is 5.82 Å². The van der Waals surface area contributed by atoms with Gasteiger partial charge in [0.2, 0.25) is 0 Å². The molecular formula is C14H16N2O2. The number of rotatable bonds is 1. The van der Waals surface area contributed by atoms with Gasteiger partial charge in [-0.1, -0.05) is 29.8 Å². The third-order valence-electron chi connectivity index (χ3n) is 2.27. The van der Waals surface area contributed by atoms with E-state index in [1.165, 1.54) is 17.7 Å². The highest BCUT2D eigenvalue weighted by atomic mass is 16.4. The monoisotopic (exact) mass is 244 g/mol. The maximum Gasteiger partial charge on any atom is 0.270 e. The van der Waals surface area contributed by atoms with Crippen LogP contribution in [-0.4, -0.2) is 5.97 Å². The van der Waals surface area contributed by atoms with E-state index >= 15 is 0 Å². The fourth-order valence-electron chi connectivity index (χ4n) is 1.29. The molecule has 0 aliphatic carbocycles. The van der Waals surface area contributed by atoms with Crippen LogP contribution in [0.4, 0.5) is 5.82 Å². The van der Waals surface area contributed by atoms with E-state index in [1.54, 1.807) is 12.1 Å². The van der Waals surface area contributed by atoms with Crippen LogP contribution >= 0.6 is 0 Å². The summed E-state index contributed by atoms with van der Waals surface area (Å²) in [5.41, 5.74) is 7.86. The van der Waals surface area contributed by atoms with Crippen molar-refractivity contribution in [3.05, 3.63) is 59.3 Å². The minimum Gasteiger partial charge on any atom is -0.545 e. The van der Waals surface area contributed by atoms with E-state index in [-0.39, 0.29) is 5.56 Å². The molecule has 0 atom stereocenters. The van der Waals surface area contributed by atoms with Crippen LogP contribution in [0.1, 0.15) is 21.5 Å². The van der Waals surface area contributed by atoms with Gasteiger partial charge in [0.1, 0.15) is 0 Å². The van der Waals surface area contributed by atoms with Gasteiger partial charge in [0.15, 0.2) is 0 Å². The summed E-state index contributed by atoms with van der Waals surface area (Å²) in [6, 6.07) is 10.4. The molecule has 0 saturated heterocycles. The molecule has 4 nitrogen and oxygen atoms in total. The van der Waals surface area contributed by atoms with Crippen LogP contribution in [0.5, 0.6) is 0 Å². The number of anilines is 1. The Hall–Kier alpha value is -2.36. The van der Waals surface area contributed by atoms with Crippen LogP contribution in [0, 0.1) is 13.8 Å². The van der Waals surface area contributed by atoms with Crippen molar-refractivity contribution in [1.29, 1.82) is 0 Å². The van der Waals surface area contributed by atoms with E-state index in [1.807, 2.05) is 32.2 Å². The second-order valence-electron chi connectivity index (χ2n) is 3.97. The minimum atomic E-state index is -1.12. The van der Waals surface area contributed by atoms with Crippen LogP contribution in [0.15, 0.2) is 42.6 Å². The van der Waals surface area contributed by atoms with Crippen molar-refractivity contribution in [2.75, 3.05) is 5.73 Å². The number of carboxylic acid groups (broad SMARTS) is 1. The predicted molar refractivity (Wildman–Crippen MR) is 67.7 cm³/mol. The number of aromatic carboxylic acids is 1. The van der Waals surface area contributed by atoms with E-state index in [0.717, 1.165) is 5.56 Å². The number of carbonyl (C=O) groups excluding carboxylic acids is 1. The highest BCUT2D eigenvalue weighted by molar-refractivity contribution is 5.85. The highest BCUT2D eigenvalue weighted by Crippen LogP contribution is 2.00. The number of aryl methyl sites for hydroxylation is 2. The number of aromatic amines is 1. The summed E-state index contributed by atoms with van der Waals surface area (Å²) in [6.07, 6.45) is 1.82. The standard InChI is InChI=1S/C8H8O2.C6H8N2/c1-6-2-4-7(5-3-6)8(9)10;1-5-2-3-8-6(7)4-5/h2-5H,1H3,(H,9,10);2-4H,1H3,(H2,7,8). The molecule has 1 aromatic carbocycles. The Bertz CT molecular complexity index is 504. The van der Waals surface area contributed by atoms with Crippen molar-refractivity contribution < 1.29 is 14.9 Å². The third-order valence-corrected chi connectivity index (χ3v) is 2.27. The fourth-order valence-corrected chi connectivity index (χ4v) is 1.29. The molecule has 0 radical (unpaired) electrons. The van der Waals surface area contributed by atoms with Crippen molar-refractivity contribution in [2.45, 2.75) is 13.8 Å². The molecule has 0 unspecified atom stereocenters. The number of aromatic nitrogens is 1. The second kappa shape index (κ2) is 6.39. The molecular weight excluding hydrogens is 228 g/mol. The van der Waals surface area contributed by atoms with Crippen molar-refractivity contribution in [3.8, 4) is 0 Å². The Balaban J connectivity index is 0.000000184. The van der Waals surface area contributed by atoms with Crippen molar-refractivity contribution in [2.24, 2.45) is 0 Å². The van der Waals surface area contributed by atoms with Crippen molar-refractivity contribution >= 4 is 11.8 Å². The van der Waals surface area contributed by atoms with E-state index in [4.69, 9.17) is 5.73 Å². The number of hydrogen-bond acceptors (Lipinski definition) is 3. The fraction of sp³-hybridized carbons (Fsp3) is 0.143. The van der Waals surface area contributed by atoms with Crippen molar-refractivity contribution in [1.82, 2.24) is 0 Å². The number of nitrogens with one attached hydrogen (secondary N) is 1. The van der Waals surface area contributed by atoms with E-state index in [2.05, 4.69) is 4.98 Å². The average Bonchev–Trinajstić information content (AvgIpc) is 2.30. The van der Waals surface area contributed by atoms with Gasteiger partial charge >= 0.3 is 0 Å². The first kappa shape index (κ1) is 13.7. The normalized spacial score (nSPS) is 9.22. The molecule has 0 fully saturated rings. The Morgan fingerprint density at radius 2 is 1.72 bits per heavy atom. The van der Waals surface area contributed by atoms with Crippen LogP contribution in [0.3, 0.4) is 0 Å². The van der Waals surface area contributed by atoms with Gasteiger partial charge in [0.25, 0.3) is 5.82 Å². The van der Waals surface area contributed by atoms with Gasteiger partial charge in [-0.25, -0.2) is 4.98 Å². The largest absolute Gasteiger partial charge is 0.545 e. The first-order chi connectivity index (χ1) is 8.49. The highest BCUT2D eigenvalue weighted by Gasteiger charge is 1.89. The molecule has 0 saturated carbocycles. The summed E-state index contributed by atoms with van der Waals surface area (Å²) in [4.78, 5) is 13.1. The van der Waals surface area contributed by atoms with Gasteiger partial charge in [0.05, 0.1) is 12.2 Å². The lowest BCUT2D eigenvalue weighted by Crippen LogP contribution is -2.21. The number of benzene rings is 1. The first-order valence-electron chi connectivity index (χ1n) is 5.51. The molecule has 1 aromatic heterocycles. The summed E-state index contributed by atoms with van der Waals surface area (Å²) in [5, 5.41) is 10.2. The van der Waals surface area contributed by atoms with Crippen LogP contribution in [-0.2, 0) is 0 Å². The zero-order valence-corrected chi connectivity index (χ0v) is 10.4. The molecule has 94 valence electrons. The Kier molecular flexibility index (Phi) is 4.87. The number of H-pyrrole nitrogens is 1. The summed E-state index contributed by atoms with van der Waals surface area (Å²) >= 11 is 0. The Morgan fingerprint density at radius 3 is 2.11 bits per heavy atom. The molecule has 0 aliphatic heterocycles. The molecule has 2 rings (SSSR count). The number of nitrogen functional groups attached to an aromatic ring is 1. The van der Waals surface area contributed by atoms with Gasteiger partial charge in [-0.2, -0.15) is 0 Å². The van der Waals surface area contributed by atoms with Gasteiger partial charge < -0.3 is 9.90 Å². The lowest BCUT2D eigenvalue weighted by atomic mass is 10.2. The van der Waals surface area contributed by atoms with E-state index in [9.17, 15) is 9.90 Å². The minimum absolute atomic E-state index is 0.227. The molecule has 3 N–H and O–H groups in total. The van der Waals surface area contributed by atoms with Gasteiger partial charge in [-0.3, -0.25) is 5.73 Å². The van der Waals surface area contributed by atoms with E-state index < -0.39 is 5.97 Å². The summed E-state index contributed by atoms with van der Waals surface area (Å²) in [6.45, 7) is 3.91. The van der Waals surface area contributed by atoms with Gasteiger partial charge in [0, 0.05) is 6.07 Å². The predicted octanol–water partition coefficient (Wildman–Crippen LogP) is 0.750. The molecule has 0 amide bonds. The molecule has 0 bridgehead atoms. The molecule has 0 aliphatic rings. The third kappa shape index (κ3) is 4.65. The van der Waals surface area contributed by atoms with Crippen LogP contribution in [0.25, 0.3) is 0 Å². The lowest BCUT2D eigenvalue weighted by Gasteiger charge is -2.00. The number of carbonyl (C=O) groups is 1. The molecule has 18 heavy (non-hydrogen) atoms. The Morgan fingerprint density at radius 1 is 1.11 bits per heavy atom. The summed E-state index contributed by atoms with van der Waals surface area (Å²) < 4.78 is 0. The molecule has 4 heteroatoms. The molecule has 2 aromatic rings. The number of nitrogens with two attached hydrogens (primary N) is 1. The smallest absolute Gasteiger partial charge is 0.270 e. The number of carboxylic acids is 1. The van der Waals surface area contributed by atoms with Crippen molar-refractivity contribution in [3.63, 3.8) is 0 Å². The van der Waals surface area contributed by atoms with Crippen LogP contribution in [0.2, 0.25) is 0 Å². The molecule has 1 heterocycles. The van der Waals surface area contributed by atoms with Gasteiger partial charge in [-0.05, 0) is 31.0 Å². The Labute approximate surface area is 106 Å². The zero-order chi connectivity index (χ0) is 13.5. The zero-order valence-electron chi connectivity index (χ0n) is 10.4. The van der Waals surface area contributed by atoms with Crippen LogP contribution < -0.4 is 15.8 Å². The summed E-state index contributed by atoms with van der Waals surface area (Å²) in [5.74, 6) is -0.412. The summed E-state index contributed by atoms with van der Waals surface area (Å²) in [7, 11) is 0. The first-order valence-corrected chi connectivity index (χ1v) is 5.51. The molecule has 0 spiro atoms. The maximum atomic E-state index is 10.2. The van der Waals surface area contributed by atoms with Gasteiger partial charge in [-0.15, -0.1) is 0 Å².